The van der Waals surface area contributed by atoms with Gasteiger partial charge in [0.2, 0.25) is 5.91 Å². The van der Waals surface area contributed by atoms with Gasteiger partial charge in [-0.15, -0.1) is 11.3 Å². The van der Waals surface area contributed by atoms with Gasteiger partial charge in [-0.25, -0.2) is 9.97 Å². The number of aromatic nitrogens is 2. The van der Waals surface area contributed by atoms with Gasteiger partial charge in [-0.3, -0.25) is 19.2 Å². The predicted molar refractivity (Wildman–Crippen MR) is 139 cm³/mol. The number of carbonyl (C=O) groups is 4. The second kappa shape index (κ2) is 11.5. The third-order valence-corrected chi connectivity index (χ3v) is 7.84. The van der Waals surface area contributed by atoms with Crippen LogP contribution in [0.4, 0.5) is 5.82 Å². The first kappa shape index (κ1) is 27.0. The Labute approximate surface area is 224 Å². The summed E-state index contributed by atoms with van der Waals surface area (Å²) in [5.41, 5.74) is 0.939. The van der Waals surface area contributed by atoms with E-state index in [2.05, 4.69) is 30.8 Å². The highest BCUT2D eigenvalue weighted by Gasteiger charge is 2.37. The van der Waals surface area contributed by atoms with Gasteiger partial charge in [-0.05, 0) is 38.4 Å². The van der Waals surface area contributed by atoms with Crippen molar-refractivity contribution in [1.82, 2.24) is 30.4 Å². The topological polar surface area (TPSA) is 137 Å². The average molecular weight is 548 g/mol. The van der Waals surface area contributed by atoms with E-state index in [-0.39, 0.29) is 28.7 Å². The van der Waals surface area contributed by atoms with Gasteiger partial charge in [0.05, 0.1) is 11.7 Å². The first-order valence-electron chi connectivity index (χ1n) is 12.0. The van der Waals surface area contributed by atoms with Crippen molar-refractivity contribution in [3.8, 4) is 0 Å². The molecule has 0 bridgehead atoms. The van der Waals surface area contributed by atoms with Gasteiger partial charge in [-0.1, -0.05) is 17.7 Å². The molecule has 1 aliphatic heterocycles. The normalized spacial score (nSPS) is 21.5. The van der Waals surface area contributed by atoms with Gasteiger partial charge in [0, 0.05) is 50.4 Å². The monoisotopic (exact) mass is 547 g/mol. The van der Waals surface area contributed by atoms with Crippen LogP contribution in [0, 0.1) is 5.92 Å². The van der Waals surface area contributed by atoms with E-state index >= 15 is 0 Å². The van der Waals surface area contributed by atoms with Gasteiger partial charge >= 0.3 is 11.8 Å². The predicted octanol–water partition coefficient (Wildman–Crippen LogP) is 1.29. The molecule has 4 amide bonds. The van der Waals surface area contributed by atoms with Crippen LogP contribution >= 0.6 is 22.9 Å². The van der Waals surface area contributed by atoms with Crippen LogP contribution in [0.15, 0.2) is 18.2 Å². The summed E-state index contributed by atoms with van der Waals surface area (Å²) in [5, 5.41) is 8.67. The third-order valence-electron chi connectivity index (χ3n) is 6.55. The van der Waals surface area contributed by atoms with E-state index in [0.717, 1.165) is 30.1 Å². The molecule has 3 heterocycles. The maximum atomic E-state index is 13.2. The van der Waals surface area contributed by atoms with Gasteiger partial charge < -0.3 is 25.8 Å². The first-order chi connectivity index (χ1) is 17.6. The molecule has 4 rings (SSSR count). The Morgan fingerprint density at radius 1 is 1.08 bits per heavy atom. The molecule has 0 aromatic carbocycles. The van der Waals surface area contributed by atoms with E-state index in [9.17, 15) is 19.2 Å². The molecule has 1 saturated carbocycles. The summed E-state index contributed by atoms with van der Waals surface area (Å²) in [7, 11) is 5.41. The molecule has 37 heavy (non-hydrogen) atoms. The van der Waals surface area contributed by atoms with Gasteiger partial charge in [-0.2, -0.15) is 0 Å². The Morgan fingerprint density at radius 3 is 2.59 bits per heavy atom. The summed E-state index contributed by atoms with van der Waals surface area (Å²) >= 11 is 7.20. The van der Waals surface area contributed by atoms with Crippen LogP contribution in [0.1, 0.15) is 39.6 Å². The van der Waals surface area contributed by atoms with Crippen molar-refractivity contribution < 1.29 is 19.2 Å². The molecule has 3 N–H and O–H groups in total. The van der Waals surface area contributed by atoms with E-state index in [4.69, 9.17) is 11.6 Å². The number of hydrogen-bond acceptors (Lipinski definition) is 8. The lowest BCUT2D eigenvalue weighted by atomic mass is 9.81. The number of pyridine rings is 1. The van der Waals surface area contributed by atoms with E-state index < -0.39 is 23.9 Å². The van der Waals surface area contributed by atoms with Gasteiger partial charge in [0.15, 0.2) is 5.01 Å². The van der Waals surface area contributed by atoms with Crippen LogP contribution in [0.5, 0.6) is 0 Å². The maximum absolute atomic E-state index is 13.2. The lowest BCUT2D eigenvalue weighted by molar-refractivity contribution is -0.137. The highest BCUT2D eigenvalue weighted by molar-refractivity contribution is 7.13. The minimum atomic E-state index is -0.900. The fraction of sp³-hybridized carbons (Fsp3) is 0.500. The molecule has 3 atom stereocenters. The summed E-state index contributed by atoms with van der Waals surface area (Å²) in [6.45, 7) is 1.63. The van der Waals surface area contributed by atoms with Crippen molar-refractivity contribution in [2.75, 3.05) is 33.0 Å². The summed E-state index contributed by atoms with van der Waals surface area (Å²) in [6, 6.07) is 3.58. The van der Waals surface area contributed by atoms with Crippen LogP contribution in [0.2, 0.25) is 5.15 Å². The quantitative estimate of drug-likeness (QED) is 0.379. The third kappa shape index (κ3) is 6.62. The summed E-state index contributed by atoms with van der Waals surface area (Å²) in [4.78, 5) is 64.3. The number of amides is 4. The Hall–Kier alpha value is -3.09. The molecule has 11 nitrogen and oxygen atoms in total. The Balaban J connectivity index is 1.46. The summed E-state index contributed by atoms with van der Waals surface area (Å²) in [5.74, 6) is -2.31. The number of anilines is 1. The Morgan fingerprint density at radius 2 is 1.86 bits per heavy atom. The maximum Gasteiger partial charge on any atom is 0.314 e. The average Bonchev–Trinajstić information content (AvgIpc) is 3.28. The number of likely N-dealkylation sites (N-methyl/N-ethyl adjacent to an activating group) is 1. The van der Waals surface area contributed by atoms with E-state index in [1.807, 2.05) is 7.05 Å². The lowest BCUT2D eigenvalue weighted by Gasteiger charge is -2.37. The first-order valence-corrected chi connectivity index (χ1v) is 13.2. The minimum absolute atomic E-state index is 0.0402. The van der Waals surface area contributed by atoms with Crippen molar-refractivity contribution in [2.24, 2.45) is 5.92 Å². The second-order valence-corrected chi connectivity index (χ2v) is 11.0. The number of thiazole rings is 1. The molecule has 2 aromatic heterocycles. The molecular weight excluding hydrogens is 518 g/mol. The minimum Gasteiger partial charge on any atom is -0.349 e. The number of nitrogens with zero attached hydrogens (tertiary/aromatic N) is 4. The number of nitrogens with one attached hydrogen (secondary N) is 3. The molecule has 13 heteroatoms. The zero-order valence-corrected chi connectivity index (χ0v) is 22.5. The molecule has 0 saturated heterocycles. The summed E-state index contributed by atoms with van der Waals surface area (Å²) in [6.07, 6.45) is 2.05. The van der Waals surface area contributed by atoms with Crippen molar-refractivity contribution in [2.45, 2.75) is 44.3 Å². The summed E-state index contributed by atoms with van der Waals surface area (Å²) < 4.78 is 0. The molecule has 0 spiro atoms. The van der Waals surface area contributed by atoms with E-state index in [0.29, 0.717) is 24.3 Å². The number of hydrogen-bond donors (Lipinski definition) is 3. The zero-order valence-electron chi connectivity index (χ0n) is 20.9. The van der Waals surface area contributed by atoms with Crippen LogP contribution < -0.4 is 16.0 Å². The molecule has 3 unspecified atom stereocenters. The highest BCUT2D eigenvalue weighted by atomic mass is 35.5. The van der Waals surface area contributed by atoms with Crippen LogP contribution in [0.25, 0.3) is 0 Å². The molecule has 2 aromatic rings. The molecule has 0 radical (unpaired) electrons. The largest absolute Gasteiger partial charge is 0.349 e. The van der Waals surface area contributed by atoms with Crippen LogP contribution in [-0.2, 0) is 27.3 Å². The lowest BCUT2D eigenvalue weighted by Crippen LogP contribution is -2.57. The zero-order chi connectivity index (χ0) is 26.7. The molecule has 2 aliphatic rings. The molecule has 1 fully saturated rings. The second-order valence-electron chi connectivity index (χ2n) is 9.58. The molecular formula is C24H30ClN7O4S. The fourth-order valence-corrected chi connectivity index (χ4v) is 5.88. The van der Waals surface area contributed by atoms with Crippen molar-refractivity contribution in [3.05, 3.63) is 38.9 Å². The Bertz CT molecular complexity index is 1200. The number of rotatable bonds is 5. The standard InChI is InChI=1S/C24H30ClN7O4S/c1-31(2)24(36)13-7-8-14(26-20(33)21(34)30-19-6-4-5-18(25)29-19)16(11-13)27-22(35)23-28-15-9-10-32(3)12-17(15)37-23/h4-6,13-14,16H,7-12H2,1-3H3,(H,26,33)(H,27,35)(H,29,30,34). The number of carbonyl (C=O) groups excluding carboxylic acids is 4. The van der Waals surface area contributed by atoms with Gasteiger partial charge in [0.25, 0.3) is 5.91 Å². The number of halogens is 1. The molecule has 1 aliphatic carbocycles. The van der Waals surface area contributed by atoms with E-state index in [1.54, 1.807) is 26.2 Å². The van der Waals surface area contributed by atoms with Crippen molar-refractivity contribution in [3.63, 3.8) is 0 Å². The number of fused-ring (bicyclic) bond motifs is 1. The fourth-order valence-electron chi connectivity index (χ4n) is 4.63. The van der Waals surface area contributed by atoms with Crippen molar-refractivity contribution >= 4 is 52.4 Å². The van der Waals surface area contributed by atoms with Gasteiger partial charge in [0.1, 0.15) is 11.0 Å². The Kier molecular flexibility index (Phi) is 8.40. The SMILES string of the molecule is CN1CCc2nc(C(=O)NC3CC(C(=O)N(C)C)CCC3NC(=O)C(=O)Nc3cccc(Cl)n3)sc2C1. The van der Waals surface area contributed by atoms with E-state index in [1.165, 1.54) is 22.3 Å². The van der Waals surface area contributed by atoms with Crippen LogP contribution in [-0.4, -0.2) is 83.2 Å². The smallest absolute Gasteiger partial charge is 0.314 e. The highest BCUT2D eigenvalue weighted by Crippen LogP contribution is 2.28. The van der Waals surface area contributed by atoms with Crippen molar-refractivity contribution in [1.29, 1.82) is 0 Å². The molecule has 198 valence electrons. The van der Waals surface area contributed by atoms with Crippen LogP contribution in [0.3, 0.4) is 0 Å².